The number of carbonyl (C=O) groups excluding carboxylic acids is 1. The maximum atomic E-state index is 10.8. The van der Waals surface area contributed by atoms with Crippen LogP contribution in [0.15, 0.2) is 22.7 Å². The fraction of sp³-hybridized carbons (Fsp3) is 0.500. The second-order valence-electron chi connectivity index (χ2n) is 7.11. The lowest BCUT2D eigenvalue weighted by molar-refractivity contribution is -0.119. The van der Waals surface area contributed by atoms with Crippen LogP contribution in [0.3, 0.4) is 0 Å². The number of nitrogens with one attached hydrogen (secondary N) is 2. The molecule has 0 radical (unpaired) electrons. The number of methoxy groups -OCH3 is 1. The Morgan fingerprint density at radius 3 is 2.59 bits per heavy atom. The maximum Gasteiger partial charge on any atom is 0.230 e. The molecule has 1 aromatic carbocycles. The second kappa shape index (κ2) is 10.1. The van der Waals surface area contributed by atoms with Crippen molar-refractivity contribution in [3.05, 3.63) is 29.7 Å². The van der Waals surface area contributed by atoms with Crippen molar-refractivity contribution in [2.45, 2.75) is 24.8 Å². The first-order valence-electron chi connectivity index (χ1n) is 9.60. The van der Waals surface area contributed by atoms with Gasteiger partial charge in [-0.1, -0.05) is 17.3 Å². The summed E-state index contributed by atoms with van der Waals surface area (Å²) < 4.78 is 14.9. The van der Waals surface area contributed by atoms with Crippen molar-refractivity contribution in [2.24, 2.45) is 0 Å². The van der Waals surface area contributed by atoms with E-state index >= 15 is 0 Å². The van der Waals surface area contributed by atoms with Crippen molar-refractivity contribution in [3.8, 4) is 11.4 Å². The predicted octanol–water partition coefficient (Wildman–Crippen LogP) is 2.14. The Morgan fingerprint density at radius 2 is 2.00 bits per heavy atom. The number of carbonyl (C=O) groups is 1. The van der Waals surface area contributed by atoms with Crippen LogP contribution in [0.1, 0.15) is 30.2 Å². The largest absolute Gasteiger partial charge is 0.388 e. The monoisotopic (exact) mass is 401 g/mol. The first-order chi connectivity index (χ1) is 14.2. The number of ether oxygens (including phenoxy) is 2. The van der Waals surface area contributed by atoms with E-state index in [9.17, 15) is 4.79 Å². The third-order valence-corrected chi connectivity index (χ3v) is 4.93. The highest BCUT2D eigenvalue weighted by molar-refractivity contribution is 5.87. The van der Waals surface area contributed by atoms with Crippen molar-refractivity contribution in [1.29, 1.82) is 5.41 Å². The van der Waals surface area contributed by atoms with Gasteiger partial charge in [-0.3, -0.25) is 4.79 Å². The zero-order valence-electron chi connectivity index (χ0n) is 16.8. The van der Waals surface area contributed by atoms with Crippen molar-refractivity contribution in [1.82, 2.24) is 15.0 Å². The number of anilines is 1. The summed E-state index contributed by atoms with van der Waals surface area (Å²) in [6, 6.07) is 5.99. The summed E-state index contributed by atoms with van der Waals surface area (Å²) in [4.78, 5) is 17.2. The normalized spacial score (nSPS) is 17.1. The summed E-state index contributed by atoms with van der Waals surface area (Å²) in [6.07, 6.45) is 3.89. The van der Waals surface area contributed by atoms with E-state index in [0.29, 0.717) is 24.9 Å². The van der Waals surface area contributed by atoms with Crippen LogP contribution in [0.25, 0.3) is 11.4 Å². The molecule has 9 heteroatoms. The van der Waals surface area contributed by atoms with Gasteiger partial charge in [-0.25, -0.2) is 0 Å². The van der Waals surface area contributed by atoms with Gasteiger partial charge in [0.05, 0.1) is 19.3 Å². The third kappa shape index (κ3) is 5.18. The standard InChI is InChI=1S/C18H21N5O3.C2H6O/c19-8-14-2-1-13(7-16(14)20-15-9-25-10-15)17-21-18(26-22-17)12-3-5-23(11-24)6-4-12;1-3-2/h1-2,7-8,11-12,15,19-20H,3-6,9-10H2;1-2H3. The number of aromatic nitrogens is 2. The van der Waals surface area contributed by atoms with Crippen LogP contribution in [-0.4, -0.2) is 74.2 Å². The van der Waals surface area contributed by atoms with Crippen LogP contribution >= 0.6 is 0 Å². The highest BCUT2D eigenvalue weighted by atomic mass is 16.5. The molecule has 2 aliphatic rings. The minimum atomic E-state index is 0.193. The number of hydrogen-bond acceptors (Lipinski definition) is 8. The highest BCUT2D eigenvalue weighted by Crippen LogP contribution is 2.29. The van der Waals surface area contributed by atoms with Crippen LogP contribution in [0.4, 0.5) is 5.69 Å². The molecule has 0 saturated carbocycles. The van der Waals surface area contributed by atoms with Crippen LogP contribution in [0, 0.1) is 5.41 Å². The maximum absolute atomic E-state index is 10.8. The van der Waals surface area contributed by atoms with Gasteiger partial charge in [-0.2, -0.15) is 4.98 Å². The number of benzene rings is 1. The third-order valence-electron chi connectivity index (χ3n) is 4.93. The SMILES string of the molecule is COC.N=Cc1ccc(-c2noc(C3CCN(C=O)CC3)n2)cc1NC1COC1. The molecule has 2 fully saturated rings. The smallest absolute Gasteiger partial charge is 0.230 e. The molecule has 1 aromatic heterocycles. The molecular formula is C20H27N5O4. The fourth-order valence-corrected chi connectivity index (χ4v) is 3.26. The van der Waals surface area contributed by atoms with Crippen LogP contribution in [-0.2, 0) is 14.3 Å². The van der Waals surface area contributed by atoms with Crippen molar-refractivity contribution >= 4 is 18.3 Å². The van der Waals surface area contributed by atoms with E-state index in [1.807, 2.05) is 18.2 Å². The number of nitrogens with zero attached hydrogens (tertiary/aromatic N) is 3. The van der Waals surface area contributed by atoms with Gasteiger partial charge in [-0.05, 0) is 18.9 Å². The Labute approximate surface area is 169 Å². The number of piperidine rings is 1. The van der Waals surface area contributed by atoms with Gasteiger partial charge in [0.15, 0.2) is 0 Å². The zero-order chi connectivity index (χ0) is 20.6. The summed E-state index contributed by atoms with van der Waals surface area (Å²) in [5, 5.41) is 15.1. The van der Waals surface area contributed by atoms with E-state index in [2.05, 4.69) is 20.2 Å². The fourth-order valence-electron chi connectivity index (χ4n) is 3.26. The van der Waals surface area contributed by atoms with Crippen molar-refractivity contribution in [2.75, 3.05) is 45.8 Å². The van der Waals surface area contributed by atoms with Crippen LogP contribution in [0.2, 0.25) is 0 Å². The average molecular weight is 401 g/mol. The van der Waals surface area contributed by atoms with Gasteiger partial charge < -0.3 is 29.6 Å². The second-order valence-corrected chi connectivity index (χ2v) is 7.11. The summed E-state index contributed by atoms with van der Waals surface area (Å²) in [5.41, 5.74) is 2.53. The van der Waals surface area contributed by atoms with Crippen molar-refractivity contribution < 1.29 is 18.8 Å². The molecule has 2 N–H and O–H groups in total. The van der Waals surface area contributed by atoms with Gasteiger partial charge in [0.2, 0.25) is 18.1 Å². The van der Waals surface area contributed by atoms with Gasteiger partial charge in [0.25, 0.3) is 0 Å². The molecule has 156 valence electrons. The van der Waals surface area contributed by atoms with Gasteiger partial charge in [0.1, 0.15) is 0 Å². The summed E-state index contributed by atoms with van der Waals surface area (Å²) in [5.74, 6) is 1.36. The summed E-state index contributed by atoms with van der Waals surface area (Å²) in [6.45, 7) is 2.79. The van der Waals surface area contributed by atoms with E-state index in [4.69, 9.17) is 14.7 Å². The molecule has 0 bridgehead atoms. The number of hydrogen-bond donors (Lipinski definition) is 2. The minimum absolute atomic E-state index is 0.193. The van der Waals surface area contributed by atoms with E-state index < -0.39 is 0 Å². The lowest BCUT2D eigenvalue weighted by Crippen LogP contribution is -2.40. The van der Waals surface area contributed by atoms with E-state index in [1.165, 1.54) is 6.21 Å². The average Bonchev–Trinajstić information content (AvgIpc) is 3.21. The Kier molecular flexibility index (Phi) is 7.31. The van der Waals surface area contributed by atoms with Crippen LogP contribution < -0.4 is 5.32 Å². The van der Waals surface area contributed by atoms with Gasteiger partial charge in [-0.15, -0.1) is 0 Å². The predicted molar refractivity (Wildman–Crippen MR) is 108 cm³/mol. The Morgan fingerprint density at radius 1 is 1.28 bits per heavy atom. The molecule has 29 heavy (non-hydrogen) atoms. The topological polar surface area (TPSA) is 114 Å². The summed E-state index contributed by atoms with van der Waals surface area (Å²) >= 11 is 0. The lowest BCUT2D eigenvalue weighted by atomic mass is 9.97. The Bertz CT molecular complexity index is 813. The molecule has 9 nitrogen and oxygen atoms in total. The first kappa shape index (κ1) is 20.9. The molecule has 2 aromatic rings. The van der Waals surface area contributed by atoms with E-state index in [-0.39, 0.29) is 12.0 Å². The van der Waals surface area contributed by atoms with Crippen molar-refractivity contribution in [3.63, 3.8) is 0 Å². The zero-order valence-corrected chi connectivity index (χ0v) is 16.8. The molecule has 2 aliphatic heterocycles. The minimum Gasteiger partial charge on any atom is -0.388 e. The van der Waals surface area contributed by atoms with E-state index in [1.54, 1.807) is 19.1 Å². The molecular weight excluding hydrogens is 374 g/mol. The molecule has 0 aliphatic carbocycles. The number of amides is 1. The Hall–Kier alpha value is -2.78. The van der Waals surface area contributed by atoms with E-state index in [0.717, 1.165) is 49.2 Å². The quantitative estimate of drug-likeness (QED) is 0.563. The summed E-state index contributed by atoms with van der Waals surface area (Å²) in [7, 11) is 3.25. The van der Waals surface area contributed by atoms with Gasteiger partial charge in [0, 0.05) is 56.3 Å². The Balaban J connectivity index is 0.000000755. The molecule has 0 unspecified atom stereocenters. The first-order valence-corrected chi connectivity index (χ1v) is 9.60. The lowest BCUT2D eigenvalue weighted by Gasteiger charge is -2.28. The highest BCUT2D eigenvalue weighted by Gasteiger charge is 2.25. The molecule has 1 amide bonds. The number of likely N-dealkylation sites (tertiary alicyclic amines) is 1. The number of rotatable bonds is 6. The molecule has 3 heterocycles. The molecule has 4 rings (SSSR count). The molecule has 0 spiro atoms. The van der Waals surface area contributed by atoms with Gasteiger partial charge >= 0.3 is 0 Å². The van der Waals surface area contributed by atoms with Crippen LogP contribution in [0.5, 0.6) is 0 Å². The molecule has 0 atom stereocenters. The molecule has 2 saturated heterocycles.